The fourth-order valence-electron chi connectivity index (χ4n) is 0.958. The van der Waals surface area contributed by atoms with Gasteiger partial charge in [-0.2, -0.15) is 0 Å². The normalized spacial score (nSPS) is 10.6. The van der Waals surface area contributed by atoms with Crippen molar-refractivity contribution < 1.29 is 22.7 Å². The number of hydrogen-bond donors (Lipinski definition) is 2. The Morgan fingerprint density at radius 1 is 1.29 bits per heavy atom. The zero-order valence-corrected chi connectivity index (χ0v) is 9.65. The van der Waals surface area contributed by atoms with E-state index in [2.05, 4.69) is 4.74 Å². The monoisotopic (exact) mass is 258 g/mol. The van der Waals surface area contributed by atoms with Crippen molar-refractivity contribution in [2.75, 3.05) is 0 Å². The van der Waals surface area contributed by atoms with E-state index in [9.17, 15) is 18.0 Å². The summed E-state index contributed by atoms with van der Waals surface area (Å²) in [4.78, 5) is 22.2. The zero-order valence-electron chi connectivity index (χ0n) is 8.84. The molecule has 8 heteroatoms. The van der Waals surface area contributed by atoms with Crippen molar-refractivity contribution in [2.24, 2.45) is 0 Å². The van der Waals surface area contributed by atoms with Crippen LogP contribution in [-0.2, 0) is 19.6 Å². The van der Waals surface area contributed by atoms with Gasteiger partial charge in [-0.25, -0.2) is 18.6 Å². The third kappa shape index (κ3) is 3.85. The molecule has 1 amide bonds. The van der Waals surface area contributed by atoms with E-state index in [1.165, 1.54) is 12.1 Å². The Hall–Kier alpha value is -1.93. The van der Waals surface area contributed by atoms with Gasteiger partial charge in [0.2, 0.25) is 0 Å². The molecule has 0 aliphatic carbocycles. The molecule has 0 aliphatic rings. The molecule has 92 valence electrons. The molecular weight excluding hydrogens is 248 g/mol. The first-order valence-corrected chi connectivity index (χ1v) is 5.93. The van der Waals surface area contributed by atoms with E-state index in [4.69, 9.17) is 0 Å². The predicted molar refractivity (Wildman–Crippen MR) is 57.2 cm³/mol. The summed E-state index contributed by atoms with van der Waals surface area (Å²) < 4.78 is 27.0. The van der Waals surface area contributed by atoms with E-state index in [1.54, 1.807) is 22.4 Å². The van der Waals surface area contributed by atoms with Crippen LogP contribution >= 0.6 is 0 Å². The van der Waals surface area contributed by atoms with Gasteiger partial charge < -0.3 is 4.74 Å². The van der Waals surface area contributed by atoms with Crippen LogP contribution in [0.1, 0.15) is 5.56 Å². The molecule has 0 heterocycles. The first-order chi connectivity index (χ1) is 7.95. The van der Waals surface area contributed by atoms with Gasteiger partial charge in [0.1, 0.15) is 0 Å². The second-order valence-corrected chi connectivity index (χ2v) is 4.73. The SMILES string of the molecule is Cc1ccc(S(=O)(=O)NNC(=O)OC=O)cc1. The van der Waals surface area contributed by atoms with Gasteiger partial charge >= 0.3 is 12.6 Å². The topological polar surface area (TPSA) is 102 Å². The average Bonchev–Trinajstić information content (AvgIpc) is 2.28. The molecule has 17 heavy (non-hydrogen) atoms. The summed E-state index contributed by atoms with van der Waals surface area (Å²) in [5.74, 6) is 0. The highest BCUT2D eigenvalue weighted by Crippen LogP contribution is 2.08. The molecule has 7 nitrogen and oxygen atoms in total. The highest BCUT2D eigenvalue weighted by molar-refractivity contribution is 7.89. The van der Waals surface area contributed by atoms with Gasteiger partial charge in [-0.05, 0) is 19.1 Å². The molecule has 0 bridgehead atoms. The third-order valence-corrected chi connectivity index (χ3v) is 3.04. The van der Waals surface area contributed by atoms with E-state index in [0.29, 0.717) is 0 Å². The molecule has 1 rings (SSSR count). The summed E-state index contributed by atoms with van der Waals surface area (Å²) in [5.41, 5.74) is 2.61. The number of ether oxygens (including phenoxy) is 1. The smallest absolute Gasteiger partial charge is 0.378 e. The summed E-state index contributed by atoms with van der Waals surface area (Å²) >= 11 is 0. The Labute approximate surface area is 97.8 Å². The largest absolute Gasteiger partial charge is 0.430 e. The molecular formula is C9H10N2O5S. The van der Waals surface area contributed by atoms with Crippen LogP contribution in [-0.4, -0.2) is 21.0 Å². The lowest BCUT2D eigenvalue weighted by atomic mass is 10.2. The van der Waals surface area contributed by atoms with Gasteiger partial charge in [0.15, 0.2) is 0 Å². The standard InChI is InChI=1S/C9H10N2O5S/c1-7-2-4-8(5-3-7)17(14,15)11-10-9(13)16-6-12/h2-6,11H,1H3,(H,10,13). The van der Waals surface area contributed by atoms with Crippen LogP contribution in [0.3, 0.4) is 0 Å². The molecule has 1 aromatic carbocycles. The number of rotatable bonds is 4. The van der Waals surface area contributed by atoms with Gasteiger partial charge in [-0.3, -0.25) is 4.79 Å². The maximum Gasteiger partial charge on any atom is 0.430 e. The van der Waals surface area contributed by atoms with E-state index in [1.807, 2.05) is 6.92 Å². The average molecular weight is 258 g/mol. The van der Waals surface area contributed by atoms with Crippen molar-refractivity contribution in [3.8, 4) is 0 Å². The van der Waals surface area contributed by atoms with Gasteiger partial charge in [0.25, 0.3) is 10.0 Å². The van der Waals surface area contributed by atoms with Crippen molar-refractivity contribution in [2.45, 2.75) is 11.8 Å². The van der Waals surface area contributed by atoms with E-state index in [-0.39, 0.29) is 11.4 Å². The Morgan fingerprint density at radius 2 is 1.88 bits per heavy atom. The molecule has 0 unspecified atom stereocenters. The number of aryl methyl sites for hydroxylation is 1. The van der Waals surface area contributed by atoms with Crippen LogP contribution in [0.2, 0.25) is 0 Å². The summed E-state index contributed by atoms with van der Waals surface area (Å²) in [5, 5.41) is 0. The van der Waals surface area contributed by atoms with Gasteiger partial charge in [-0.1, -0.05) is 17.7 Å². The molecule has 0 saturated heterocycles. The molecule has 1 aromatic rings. The second-order valence-electron chi connectivity index (χ2n) is 3.05. The number of sulfonamides is 1. The summed E-state index contributed by atoms with van der Waals surface area (Å²) in [6, 6.07) is 5.98. The molecule has 0 atom stereocenters. The third-order valence-electron chi connectivity index (χ3n) is 1.77. The zero-order chi connectivity index (χ0) is 12.9. The van der Waals surface area contributed by atoms with E-state index >= 15 is 0 Å². The van der Waals surface area contributed by atoms with Crippen molar-refractivity contribution in [3.05, 3.63) is 29.8 Å². The van der Waals surface area contributed by atoms with Gasteiger partial charge in [-0.15, -0.1) is 4.83 Å². The Balaban J connectivity index is 2.72. The number of benzene rings is 1. The Bertz CT molecular complexity index is 509. The number of amides is 1. The van der Waals surface area contributed by atoms with Crippen LogP contribution in [0, 0.1) is 6.92 Å². The number of carbonyl (C=O) groups excluding carboxylic acids is 2. The summed E-state index contributed by atoms with van der Waals surface area (Å²) in [7, 11) is -3.87. The molecule has 2 N–H and O–H groups in total. The van der Waals surface area contributed by atoms with Gasteiger partial charge in [0, 0.05) is 0 Å². The number of nitrogens with one attached hydrogen (secondary N) is 2. The lowest BCUT2D eigenvalue weighted by Gasteiger charge is -2.06. The van der Waals surface area contributed by atoms with Crippen molar-refractivity contribution in [1.29, 1.82) is 0 Å². The number of hydrogen-bond acceptors (Lipinski definition) is 5. The fourth-order valence-corrected chi connectivity index (χ4v) is 1.79. The summed E-state index contributed by atoms with van der Waals surface area (Å²) in [6.07, 6.45) is -1.21. The van der Waals surface area contributed by atoms with Crippen LogP contribution < -0.4 is 10.3 Å². The predicted octanol–water partition coefficient (Wildman–Crippen LogP) is 0.0709. The molecule has 0 radical (unpaired) electrons. The van der Waals surface area contributed by atoms with Crippen LogP contribution in [0.15, 0.2) is 29.2 Å². The van der Waals surface area contributed by atoms with Crippen molar-refractivity contribution >= 4 is 22.6 Å². The molecule has 0 spiro atoms. The lowest BCUT2D eigenvalue weighted by molar-refractivity contribution is -0.123. The van der Waals surface area contributed by atoms with E-state index < -0.39 is 16.1 Å². The van der Waals surface area contributed by atoms with Crippen LogP contribution in [0.4, 0.5) is 4.79 Å². The van der Waals surface area contributed by atoms with Crippen molar-refractivity contribution in [3.63, 3.8) is 0 Å². The minimum atomic E-state index is -3.87. The molecule has 0 saturated carbocycles. The Kier molecular flexibility index (Phi) is 4.18. The minimum Gasteiger partial charge on any atom is -0.378 e. The van der Waals surface area contributed by atoms with Crippen LogP contribution in [0.25, 0.3) is 0 Å². The highest BCUT2D eigenvalue weighted by atomic mass is 32.2. The lowest BCUT2D eigenvalue weighted by Crippen LogP contribution is -2.41. The van der Waals surface area contributed by atoms with Crippen molar-refractivity contribution in [1.82, 2.24) is 10.3 Å². The summed E-state index contributed by atoms with van der Waals surface area (Å²) in [6.45, 7) is 1.69. The highest BCUT2D eigenvalue weighted by Gasteiger charge is 2.14. The molecule has 0 aliphatic heterocycles. The fraction of sp³-hybridized carbons (Fsp3) is 0.111. The second kappa shape index (κ2) is 5.41. The molecule has 0 aromatic heterocycles. The number of carbonyl (C=O) groups is 2. The maximum atomic E-state index is 11.6. The first kappa shape index (κ1) is 13.1. The maximum absolute atomic E-state index is 11.6. The molecule has 0 fully saturated rings. The first-order valence-electron chi connectivity index (χ1n) is 4.44. The number of hydrazine groups is 1. The van der Waals surface area contributed by atoms with Gasteiger partial charge in [0.05, 0.1) is 4.90 Å². The Morgan fingerprint density at radius 3 is 2.41 bits per heavy atom. The minimum absolute atomic E-state index is 0.0190. The van der Waals surface area contributed by atoms with E-state index in [0.717, 1.165) is 5.56 Å². The quantitative estimate of drug-likeness (QED) is 0.452. The van der Waals surface area contributed by atoms with Crippen LogP contribution in [0.5, 0.6) is 0 Å².